The molecule has 3 rings (SSSR count). The maximum absolute atomic E-state index is 13.1. The molecular weight excluding hydrogens is 474 g/mol. The van der Waals surface area contributed by atoms with Gasteiger partial charge >= 0.3 is 18.0 Å². The highest BCUT2D eigenvalue weighted by atomic mass is 28.3. The fourth-order valence-corrected chi connectivity index (χ4v) is 4.45. The van der Waals surface area contributed by atoms with Gasteiger partial charge in [0.05, 0.1) is 12.2 Å². The number of ether oxygens (including phenoxy) is 3. The monoisotopic (exact) mass is 509 g/mol. The van der Waals surface area contributed by atoms with Crippen LogP contribution in [0, 0.1) is 0 Å². The molecule has 0 radical (unpaired) electrons. The molecule has 0 unspecified atom stereocenters. The average Bonchev–Trinajstić information content (AvgIpc) is 2.79. The van der Waals surface area contributed by atoms with Crippen molar-refractivity contribution in [3.05, 3.63) is 60.2 Å². The Labute approximate surface area is 213 Å². The first-order chi connectivity index (χ1) is 16.9. The summed E-state index contributed by atoms with van der Waals surface area (Å²) in [6.07, 6.45) is -0.764. The number of carbonyl (C=O) groups excluding carboxylic acids is 3. The van der Waals surface area contributed by atoms with E-state index >= 15 is 0 Å². The predicted molar refractivity (Wildman–Crippen MR) is 144 cm³/mol. The van der Waals surface area contributed by atoms with Crippen molar-refractivity contribution in [2.24, 2.45) is 0 Å². The molecule has 3 aromatic carbocycles. The minimum atomic E-state index is -1.34. The Bertz CT molecular complexity index is 1200. The predicted octanol–water partition coefficient (Wildman–Crippen LogP) is 6.23. The van der Waals surface area contributed by atoms with Crippen molar-refractivity contribution in [2.45, 2.75) is 52.0 Å². The Kier molecular flexibility index (Phi) is 8.40. The zero-order valence-electron chi connectivity index (χ0n) is 21.9. The number of amides is 1. The van der Waals surface area contributed by atoms with E-state index in [0.717, 1.165) is 27.6 Å². The number of fused-ring (bicyclic) bond motifs is 2. The van der Waals surface area contributed by atoms with E-state index < -0.39 is 38.4 Å². The Morgan fingerprint density at radius 3 is 1.92 bits per heavy atom. The van der Waals surface area contributed by atoms with Gasteiger partial charge in [-0.15, -0.1) is 0 Å². The molecule has 36 heavy (non-hydrogen) atoms. The van der Waals surface area contributed by atoms with Crippen molar-refractivity contribution in [2.75, 3.05) is 19.9 Å². The fraction of sp³-hybridized carbons (Fsp3) is 0.393. The second-order valence-electron chi connectivity index (χ2n) is 10.9. The van der Waals surface area contributed by atoms with E-state index in [1.807, 2.05) is 54.6 Å². The lowest BCUT2D eigenvalue weighted by Crippen LogP contribution is -2.49. The molecule has 0 saturated heterocycles. The molecule has 0 spiro atoms. The zero-order valence-corrected chi connectivity index (χ0v) is 22.9. The molecular formula is C28H35NO6Si. The summed E-state index contributed by atoms with van der Waals surface area (Å²) < 4.78 is 16.0. The van der Waals surface area contributed by atoms with E-state index in [1.54, 1.807) is 20.8 Å². The number of esters is 2. The summed E-state index contributed by atoms with van der Waals surface area (Å²) in [7, 11) is -1.34. The number of rotatable bonds is 8. The van der Waals surface area contributed by atoms with E-state index in [-0.39, 0.29) is 6.54 Å². The highest BCUT2D eigenvalue weighted by Crippen LogP contribution is 2.29. The standard InChI is InChI=1S/C28H35NO6Si/c1-28(2,3)29(18-24(30)33-15-16-36(4,5)6)27(32)35-19-34-26(31)25-22-13-9-7-11-20(22)17-21-12-8-10-14-23(21)25/h7-14,17H,15-16,18-19H2,1-6H3. The molecule has 0 aliphatic heterocycles. The van der Waals surface area contributed by atoms with Crippen LogP contribution in [0.4, 0.5) is 4.79 Å². The second kappa shape index (κ2) is 11.1. The minimum absolute atomic E-state index is 0.254. The third-order valence-electron chi connectivity index (χ3n) is 5.78. The third kappa shape index (κ3) is 7.07. The maximum Gasteiger partial charge on any atom is 0.413 e. The van der Waals surface area contributed by atoms with Gasteiger partial charge in [-0.05, 0) is 54.4 Å². The van der Waals surface area contributed by atoms with Crippen LogP contribution in [0.15, 0.2) is 54.6 Å². The first kappa shape index (κ1) is 27.2. The van der Waals surface area contributed by atoms with Crippen molar-refractivity contribution in [3.8, 4) is 0 Å². The van der Waals surface area contributed by atoms with Crippen molar-refractivity contribution >= 4 is 47.7 Å². The Morgan fingerprint density at radius 1 is 0.833 bits per heavy atom. The van der Waals surface area contributed by atoms with Crippen LogP contribution in [0.2, 0.25) is 25.7 Å². The number of hydrogen-bond donors (Lipinski definition) is 0. The smallest absolute Gasteiger partial charge is 0.413 e. The summed E-state index contributed by atoms with van der Waals surface area (Å²) >= 11 is 0. The van der Waals surface area contributed by atoms with Gasteiger partial charge in [0.1, 0.15) is 6.54 Å². The van der Waals surface area contributed by atoms with Gasteiger partial charge in [0, 0.05) is 13.6 Å². The summed E-state index contributed by atoms with van der Waals surface area (Å²) in [5.41, 5.74) is -0.288. The molecule has 1 amide bonds. The van der Waals surface area contributed by atoms with Gasteiger partial charge in [-0.3, -0.25) is 9.69 Å². The van der Waals surface area contributed by atoms with Gasteiger partial charge in [-0.2, -0.15) is 0 Å². The molecule has 3 aromatic rings. The number of hydrogen-bond acceptors (Lipinski definition) is 6. The van der Waals surface area contributed by atoms with E-state index in [1.165, 1.54) is 4.90 Å². The summed E-state index contributed by atoms with van der Waals surface area (Å²) in [5, 5.41) is 3.33. The van der Waals surface area contributed by atoms with Crippen molar-refractivity contribution < 1.29 is 28.6 Å². The fourth-order valence-electron chi connectivity index (χ4n) is 3.74. The molecule has 0 fully saturated rings. The van der Waals surface area contributed by atoms with Gasteiger partial charge in [0.2, 0.25) is 6.79 Å². The summed E-state index contributed by atoms with van der Waals surface area (Å²) in [6, 6.07) is 18.0. The van der Waals surface area contributed by atoms with Crippen molar-refractivity contribution in [1.29, 1.82) is 0 Å². The van der Waals surface area contributed by atoms with Crippen LogP contribution in [0.3, 0.4) is 0 Å². The highest BCUT2D eigenvalue weighted by molar-refractivity contribution is 6.76. The molecule has 7 nitrogen and oxygen atoms in total. The lowest BCUT2D eigenvalue weighted by atomic mass is 9.97. The van der Waals surface area contributed by atoms with Crippen molar-refractivity contribution in [3.63, 3.8) is 0 Å². The number of carbonyl (C=O) groups is 3. The van der Waals surface area contributed by atoms with Crippen LogP contribution in [-0.2, 0) is 19.0 Å². The van der Waals surface area contributed by atoms with E-state index in [4.69, 9.17) is 14.2 Å². The molecule has 192 valence electrons. The summed E-state index contributed by atoms with van der Waals surface area (Å²) in [6.45, 7) is 11.5. The van der Waals surface area contributed by atoms with Crippen LogP contribution in [-0.4, -0.2) is 56.5 Å². The SMILES string of the molecule is CC(C)(C)N(CC(=O)OCC[Si](C)(C)C)C(=O)OCOC(=O)c1c2ccccc2cc2ccccc12. The maximum atomic E-state index is 13.1. The summed E-state index contributed by atoms with van der Waals surface area (Å²) in [4.78, 5) is 39.5. The van der Waals surface area contributed by atoms with Gasteiger partial charge in [0.25, 0.3) is 0 Å². The molecule has 0 N–H and O–H groups in total. The quantitative estimate of drug-likeness (QED) is 0.155. The van der Waals surface area contributed by atoms with Crippen LogP contribution < -0.4 is 0 Å². The van der Waals surface area contributed by atoms with Gasteiger partial charge in [0.15, 0.2) is 0 Å². The van der Waals surface area contributed by atoms with E-state index in [0.29, 0.717) is 12.2 Å². The van der Waals surface area contributed by atoms with Crippen LogP contribution in [0.25, 0.3) is 21.5 Å². The Balaban J connectivity index is 1.67. The lowest BCUT2D eigenvalue weighted by molar-refractivity contribution is -0.145. The third-order valence-corrected chi connectivity index (χ3v) is 7.48. The molecule has 0 saturated carbocycles. The van der Waals surface area contributed by atoms with Crippen LogP contribution >= 0.6 is 0 Å². The van der Waals surface area contributed by atoms with Gasteiger partial charge < -0.3 is 14.2 Å². The second-order valence-corrected chi connectivity index (χ2v) is 16.6. The van der Waals surface area contributed by atoms with Crippen molar-refractivity contribution in [1.82, 2.24) is 4.90 Å². The normalized spacial score (nSPS) is 11.8. The first-order valence-electron chi connectivity index (χ1n) is 12.0. The average molecular weight is 510 g/mol. The molecule has 0 atom stereocenters. The van der Waals surface area contributed by atoms with Gasteiger partial charge in [-0.25, -0.2) is 9.59 Å². The van der Waals surface area contributed by atoms with Gasteiger partial charge in [-0.1, -0.05) is 68.2 Å². The Morgan fingerprint density at radius 2 is 1.39 bits per heavy atom. The molecule has 0 bridgehead atoms. The zero-order chi connectivity index (χ0) is 26.5. The lowest BCUT2D eigenvalue weighted by Gasteiger charge is -2.33. The van der Waals surface area contributed by atoms with Crippen LogP contribution in [0.5, 0.6) is 0 Å². The minimum Gasteiger partial charge on any atom is -0.465 e. The molecule has 0 aliphatic carbocycles. The topological polar surface area (TPSA) is 82.1 Å². The number of nitrogens with zero attached hydrogens (tertiary/aromatic N) is 1. The Hall–Kier alpha value is -3.39. The molecule has 0 aromatic heterocycles. The van der Waals surface area contributed by atoms with Crippen LogP contribution in [0.1, 0.15) is 31.1 Å². The molecule has 0 heterocycles. The van der Waals surface area contributed by atoms with E-state index in [9.17, 15) is 14.4 Å². The molecule has 8 heteroatoms. The first-order valence-corrected chi connectivity index (χ1v) is 15.8. The summed E-state index contributed by atoms with van der Waals surface area (Å²) in [5.74, 6) is -1.09. The number of benzene rings is 3. The highest BCUT2D eigenvalue weighted by Gasteiger charge is 2.31. The largest absolute Gasteiger partial charge is 0.465 e. The van der Waals surface area contributed by atoms with E-state index in [2.05, 4.69) is 19.6 Å². The molecule has 0 aliphatic rings.